The van der Waals surface area contributed by atoms with Crippen LogP contribution in [0.25, 0.3) is 0 Å². The molecule has 5 nitrogen and oxygen atoms in total. The number of carbonyl (C=O) groups excluding carboxylic acids is 1. The lowest BCUT2D eigenvalue weighted by Crippen LogP contribution is -2.07. The minimum absolute atomic E-state index is 0.216. The van der Waals surface area contributed by atoms with Gasteiger partial charge in [-0.05, 0) is 18.5 Å². The molecule has 0 atom stereocenters. The zero-order valence-electron chi connectivity index (χ0n) is 7.46. The van der Waals surface area contributed by atoms with Gasteiger partial charge in [-0.2, -0.15) is 4.37 Å². The standard InChI is InChI=1S/C7H11N3O2S/c1-3-9-6-4(7(11)12-2)5(8)10-13-6/h9H,3H2,1-2H3,(H2,8,10). The van der Waals surface area contributed by atoms with Crippen LogP contribution in [0.1, 0.15) is 17.3 Å². The van der Waals surface area contributed by atoms with Gasteiger partial charge in [0, 0.05) is 6.54 Å². The number of nitrogens with zero attached hydrogens (tertiary/aromatic N) is 1. The number of rotatable bonds is 3. The number of aromatic nitrogens is 1. The van der Waals surface area contributed by atoms with Gasteiger partial charge in [0.25, 0.3) is 0 Å². The topological polar surface area (TPSA) is 77.2 Å². The summed E-state index contributed by atoms with van der Waals surface area (Å²) in [6, 6.07) is 0. The first kappa shape index (κ1) is 9.79. The van der Waals surface area contributed by atoms with Crippen molar-refractivity contribution in [3.63, 3.8) is 0 Å². The van der Waals surface area contributed by atoms with Crippen LogP contribution in [0, 0.1) is 0 Å². The van der Waals surface area contributed by atoms with E-state index >= 15 is 0 Å². The molecule has 13 heavy (non-hydrogen) atoms. The molecule has 72 valence electrons. The lowest BCUT2D eigenvalue weighted by molar-refractivity contribution is 0.0603. The molecule has 6 heteroatoms. The molecule has 0 aromatic carbocycles. The van der Waals surface area contributed by atoms with Crippen molar-refractivity contribution >= 4 is 28.3 Å². The summed E-state index contributed by atoms with van der Waals surface area (Å²) in [5.74, 6) is -0.241. The summed E-state index contributed by atoms with van der Waals surface area (Å²) in [5.41, 5.74) is 5.83. The summed E-state index contributed by atoms with van der Waals surface area (Å²) >= 11 is 1.16. The fourth-order valence-corrected chi connectivity index (χ4v) is 1.65. The van der Waals surface area contributed by atoms with Crippen molar-refractivity contribution in [1.29, 1.82) is 0 Å². The maximum atomic E-state index is 11.2. The van der Waals surface area contributed by atoms with Crippen LogP contribution in [0.2, 0.25) is 0 Å². The average molecular weight is 201 g/mol. The number of esters is 1. The van der Waals surface area contributed by atoms with Crippen LogP contribution in [0.5, 0.6) is 0 Å². The lowest BCUT2D eigenvalue weighted by Gasteiger charge is -2.01. The van der Waals surface area contributed by atoms with Gasteiger partial charge >= 0.3 is 5.97 Å². The number of hydrogen-bond donors (Lipinski definition) is 2. The smallest absolute Gasteiger partial charge is 0.344 e. The molecule has 0 fully saturated rings. The second kappa shape index (κ2) is 4.08. The minimum Gasteiger partial charge on any atom is -0.465 e. The van der Waals surface area contributed by atoms with Crippen molar-refractivity contribution < 1.29 is 9.53 Å². The fraction of sp³-hybridized carbons (Fsp3) is 0.429. The average Bonchev–Trinajstić information content (AvgIpc) is 2.47. The van der Waals surface area contributed by atoms with Crippen molar-refractivity contribution in [1.82, 2.24) is 4.37 Å². The molecule has 0 spiro atoms. The molecule has 0 bridgehead atoms. The Kier molecular flexibility index (Phi) is 3.07. The van der Waals surface area contributed by atoms with Crippen molar-refractivity contribution in [2.24, 2.45) is 0 Å². The van der Waals surface area contributed by atoms with Gasteiger partial charge in [-0.1, -0.05) is 0 Å². The minimum atomic E-state index is -0.456. The number of ether oxygens (including phenoxy) is 1. The molecule has 0 saturated carbocycles. The molecule has 0 saturated heterocycles. The molecule has 3 N–H and O–H groups in total. The van der Waals surface area contributed by atoms with E-state index in [0.29, 0.717) is 17.1 Å². The third-order valence-corrected chi connectivity index (χ3v) is 2.26. The summed E-state index contributed by atoms with van der Waals surface area (Å²) in [6.07, 6.45) is 0. The Hall–Kier alpha value is -1.30. The summed E-state index contributed by atoms with van der Waals surface area (Å²) in [4.78, 5) is 11.2. The van der Waals surface area contributed by atoms with Gasteiger partial charge in [0.1, 0.15) is 10.6 Å². The number of methoxy groups -OCH3 is 1. The van der Waals surface area contributed by atoms with E-state index in [9.17, 15) is 4.79 Å². The van der Waals surface area contributed by atoms with E-state index in [4.69, 9.17) is 5.73 Å². The van der Waals surface area contributed by atoms with Gasteiger partial charge in [0.2, 0.25) is 0 Å². The Morgan fingerprint density at radius 2 is 2.46 bits per heavy atom. The molecular formula is C7H11N3O2S. The van der Waals surface area contributed by atoms with Gasteiger partial charge in [-0.15, -0.1) is 0 Å². The highest BCUT2D eigenvalue weighted by Gasteiger charge is 2.18. The third-order valence-electron chi connectivity index (χ3n) is 1.45. The van der Waals surface area contributed by atoms with Crippen LogP contribution < -0.4 is 11.1 Å². The number of carbonyl (C=O) groups is 1. The molecular weight excluding hydrogens is 190 g/mol. The molecule has 1 aromatic rings. The normalized spacial score (nSPS) is 9.69. The van der Waals surface area contributed by atoms with E-state index in [1.807, 2.05) is 6.92 Å². The van der Waals surface area contributed by atoms with Crippen LogP contribution in [0.15, 0.2) is 0 Å². The van der Waals surface area contributed by atoms with Crippen molar-refractivity contribution in [2.75, 3.05) is 24.7 Å². The molecule has 1 heterocycles. The molecule has 0 radical (unpaired) electrons. The van der Waals surface area contributed by atoms with E-state index in [2.05, 4.69) is 14.4 Å². The number of nitrogen functional groups attached to an aromatic ring is 1. The Morgan fingerprint density at radius 3 is 3.00 bits per heavy atom. The van der Waals surface area contributed by atoms with Gasteiger partial charge < -0.3 is 15.8 Å². The highest BCUT2D eigenvalue weighted by Crippen LogP contribution is 2.26. The molecule has 0 unspecified atom stereocenters. The Labute approximate surface area is 80.1 Å². The summed E-state index contributed by atoms with van der Waals surface area (Å²) in [6.45, 7) is 2.64. The highest BCUT2D eigenvalue weighted by molar-refractivity contribution is 7.11. The second-order valence-corrected chi connectivity index (χ2v) is 3.07. The Bertz CT molecular complexity index is 311. The molecule has 0 aliphatic rings. The van der Waals surface area contributed by atoms with Crippen molar-refractivity contribution in [3.8, 4) is 0 Å². The van der Waals surface area contributed by atoms with Crippen LogP contribution in [0.4, 0.5) is 10.8 Å². The number of nitrogens with two attached hydrogens (primary N) is 1. The van der Waals surface area contributed by atoms with Crippen LogP contribution >= 0.6 is 11.5 Å². The van der Waals surface area contributed by atoms with Gasteiger partial charge in [0.05, 0.1) is 7.11 Å². The second-order valence-electron chi connectivity index (χ2n) is 2.29. The quantitative estimate of drug-likeness (QED) is 0.712. The van der Waals surface area contributed by atoms with Crippen molar-refractivity contribution in [2.45, 2.75) is 6.92 Å². The van der Waals surface area contributed by atoms with Gasteiger partial charge in [-0.3, -0.25) is 0 Å². The molecule has 1 aromatic heterocycles. The number of anilines is 2. The van der Waals surface area contributed by atoms with Crippen molar-refractivity contribution in [3.05, 3.63) is 5.56 Å². The molecule has 0 aliphatic heterocycles. The summed E-state index contributed by atoms with van der Waals surface area (Å²) in [7, 11) is 1.31. The fourth-order valence-electron chi connectivity index (χ4n) is 0.883. The van der Waals surface area contributed by atoms with Crippen LogP contribution in [-0.4, -0.2) is 24.0 Å². The van der Waals surface area contributed by atoms with E-state index in [0.717, 1.165) is 11.5 Å². The zero-order valence-corrected chi connectivity index (χ0v) is 8.27. The monoisotopic (exact) mass is 201 g/mol. The number of nitrogens with one attached hydrogen (secondary N) is 1. The number of hydrogen-bond acceptors (Lipinski definition) is 6. The highest BCUT2D eigenvalue weighted by atomic mass is 32.1. The zero-order chi connectivity index (χ0) is 9.84. The van der Waals surface area contributed by atoms with E-state index < -0.39 is 5.97 Å². The molecule has 1 rings (SSSR count). The summed E-state index contributed by atoms with van der Waals surface area (Å²) < 4.78 is 8.43. The van der Waals surface area contributed by atoms with E-state index in [1.165, 1.54) is 7.11 Å². The Balaban J connectivity index is 3.01. The van der Waals surface area contributed by atoms with Crippen LogP contribution in [0.3, 0.4) is 0 Å². The van der Waals surface area contributed by atoms with E-state index in [-0.39, 0.29) is 5.82 Å². The first-order valence-electron chi connectivity index (χ1n) is 3.78. The predicted octanol–water partition coefficient (Wildman–Crippen LogP) is 0.944. The lowest BCUT2D eigenvalue weighted by atomic mass is 10.3. The summed E-state index contributed by atoms with van der Waals surface area (Å²) in [5, 5.41) is 3.65. The molecule has 0 aliphatic carbocycles. The maximum Gasteiger partial charge on any atom is 0.344 e. The molecule has 0 amide bonds. The largest absolute Gasteiger partial charge is 0.465 e. The maximum absolute atomic E-state index is 11.2. The predicted molar refractivity (Wildman–Crippen MR) is 52.0 cm³/mol. The van der Waals surface area contributed by atoms with Gasteiger partial charge in [-0.25, -0.2) is 4.79 Å². The first-order chi connectivity index (χ1) is 6.20. The van der Waals surface area contributed by atoms with E-state index in [1.54, 1.807) is 0 Å². The Morgan fingerprint density at radius 1 is 1.77 bits per heavy atom. The first-order valence-corrected chi connectivity index (χ1v) is 4.55. The van der Waals surface area contributed by atoms with Gasteiger partial charge in [0.15, 0.2) is 5.82 Å². The third kappa shape index (κ3) is 1.89. The van der Waals surface area contributed by atoms with Crippen LogP contribution in [-0.2, 0) is 4.74 Å². The SMILES string of the molecule is CCNc1snc(N)c1C(=O)OC.